The highest BCUT2D eigenvalue weighted by molar-refractivity contribution is 5.06. The fourth-order valence-corrected chi connectivity index (χ4v) is 11.0. The first-order valence-corrected chi connectivity index (χ1v) is 18.0. The van der Waals surface area contributed by atoms with Crippen LogP contribution in [0.1, 0.15) is 142 Å². The molecule has 6 aliphatic carbocycles. The van der Waals surface area contributed by atoms with Crippen LogP contribution in [0.25, 0.3) is 0 Å². The number of rotatable bonds is 5. The lowest BCUT2D eigenvalue weighted by Crippen LogP contribution is -2.35. The lowest BCUT2D eigenvalue weighted by Gasteiger charge is -2.44. The van der Waals surface area contributed by atoms with E-state index in [1.54, 1.807) is 12.8 Å². The van der Waals surface area contributed by atoms with E-state index in [0.29, 0.717) is 0 Å². The van der Waals surface area contributed by atoms with E-state index in [9.17, 15) is 0 Å². The summed E-state index contributed by atoms with van der Waals surface area (Å²) in [6.07, 6.45) is 41.3. The molecule has 0 bridgehead atoms. The molecular formula is C38H62. The number of allylic oxidation sites excluding steroid dienone is 4. The van der Waals surface area contributed by atoms with Crippen molar-refractivity contribution in [3.63, 3.8) is 0 Å². The monoisotopic (exact) mass is 518 g/mol. The van der Waals surface area contributed by atoms with Gasteiger partial charge in [-0.05, 0) is 135 Å². The van der Waals surface area contributed by atoms with E-state index in [-0.39, 0.29) is 0 Å². The summed E-state index contributed by atoms with van der Waals surface area (Å²) in [4.78, 5) is 0. The first kappa shape index (κ1) is 27.6. The molecule has 6 saturated carbocycles. The topological polar surface area (TPSA) is 0 Å². The maximum atomic E-state index is 2.82. The Hall–Kier alpha value is -0.520. The lowest BCUT2D eigenvalue weighted by molar-refractivity contribution is 0.0923. The molecule has 6 fully saturated rings. The number of hydrogen-bond donors (Lipinski definition) is 0. The van der Waals surface area contributed by atoms with Crippen LogP contribution >= 0.6 is 0 Å². The molecule has 0 radical (unpaired) electrons. The first-order chi connectivity index (χ1) is 18.6. The summed E-state index contributed by atoms with van der Waals surface area (Å²) in [5, 5.41) is 0. The molecule has 0 spiro atoms. The molecular weight excluding hydrogens is 456 g/mol. The largest absolute Gasteiger partial charge is 0.0851 e. The van der Waals surface area contributed by atoms with Gasteiger partial charge in [-0.3, -0.25) is 0 Å². The van der Waals surface area contributed by atoms with Crippen LogP contribution < -0.4 is 0 Å². The molecule has 10 unspecified atom stereocenters. The van der Waals surface area contributed by atoms with E-state index in [2.05, 4.69) is 38.2 Å². The zero-order chi connectivity index (χ0) is 25.9. The molecule has 0 heterocycles. The van der Waals surface area contributed by atoms with Gasteiger partial charge in [0.1, 0.15) is 0 Å². The smallest absolute Gasteiger partial charge is 0.0199 e. The fraction of sp³-hybridized carbons (Fsp3) is 0.895. The third-order valence-electron chi connectivity index (χ3n) is 13.6. The number of hydrogen-bond acceptors (Lipinski definition) is 0. The van der Waals surface area contributed by atoms with Gasteiger partial charge in [-0.25, -0.2) is 0 Å². The van der Waals surface area contributed by atoms with Crippen molar-refractivity contribution in [3.05, 3.63) is 24.3 Å². The Kier molecular flexibility index (Phi) is 9.44. The molecule has 10 atom stereocenters. The van der Waals surface area contributed by atoms with Crippen molar-refractivity contribution in [2.75, 3.05) is 0 Å². The average molecular weight is 519 g/mol. The fourth-order valence-electron chi connectivity index (χ4n) is 11.0. The van der Waals surface area contributed by atoms with Gasteiger partial charge in [-0.2, -0.15) is 0 Å². The van der Waals surface area contributed by atoms with Crippen molar-refractivity contribution < 1.29 is 0 Å². The third kappa shape index (κ3) is 6.68. The van der Waals surface area contributed by atoms with Crippen LogP contribution in [0, 0.1) is 71.0 Å². The minimum atomic E-state index is 0.839. The second-order valence-corrected chi connectivity index (χ2v) is 16.0. The van der Waals surface area contributed by atoms with Crippen LogP contribution in [0.4, 0.5) is 0 Å². The number of fused-ring (bicyclic) bond motifs is 2. The zero-order valence-electron chi connectivity index (χ0n) is 25.4. The van der Waals surface area contributed by atoms with Crippen molar-refractivity contribution in [2.24, 2.45) is 71.0 Å². The van der Waals surface area contributed by atoms with Crippen molar-refractivity contribution in [2.45, 2.75) is 142 Å². The Morgan fingerprint density at radius 2 is 0.895 bits per heavy atom. The summed E-state index contributed by atoms with van der Waals surface area (Å²) in [5.74, 6) is 11.5. The Labute approximate surface area is 237 Å². The third-order valence-corrected chi connectivity index (χ3v) is 13.6. The van der Waals surface area contributed by atoms with Crippen LogP contribution in [-0.2, 0) is 0 Å². The van der Waals surface area contributed by atoms with Gasteiger partial charge in [0.2, 0.25) is 0 Å². The van der Waals surface area contributed by atoms with Crippen LogP contribution in [-0.4, -0.2) is 0 Å². The van der Waals surface area contributed by atoms with Crippen molar-refractivity contribution >= 4 is 0 Å². The first-order valence-electron chi connectivity index (χ1n) is 18.0. The second kappa shape index (κ2) is 13.0. The van der Waals surface area contributed by atoms with Gasteiger partial charge in [0, 0.05) is 0 Å². The Bertz CT molecular complexity index is 782. The predicted octanol–water partition coefficient (Wildman–Crippen LogP) is 11.4. The molecule has 0 amide bonds. The minimum absolute atomic E-state index is 0.839. The van der Waals surface area contributed by atoms with E-state index in [4.69, 9.17) is 0 Å². The Balaban J connectivity index is 1.10. The van der Waals surface area contributed by atoms with Gasteiger partial charge in [-0.15, -0.1) is 0 Å². The molecule has 38 heavy (non-hydrogen) atoms. The molecule has 0 saturated heterocycles. The molecule has 0 aromatic carbocycles. The van der Waals surface area contributed by atoms with E-state index >= 15 is 0 Å². The molecule has 0 nitrogen and oxygen atoms in total. The van der Waals surface area contributed by atoms with Crippen LogP contribution in [0.3, 0.4) is 0 Å². The highest BCUT2D eigenvalue weighted by atomic mass is 14.4. The average Bonchev–Trinajstić information content (AvgIpc) is 2.96. The zero-order valence-corrected chi connectivity index (χ0v) is 25.4. The SMILES string of the molecule is CC1CCC(C2CC(C=CC3CCC4CCCCC4C3)C(C)CC2/C=C/C2CCC3CCCCC3C2)CC1. The predicted molar refractivity (Wildman–Crippen MR) is 164 cm³/mol. The van der Waals surface area contributed by atoms with Crippen molar-refractivity contribution in [1.82, 2.24) is 0 Å². The summed E-state index contributed by atoms with van der Waals surface area (Å²) >= 11 is 0. The van der Waals surface area contributed by atoms with E-state index in [0.717, 1.165) is 71.0 Å². The summed E-state index contributed by atoms with van der Waals surface area (Å²) in [7, 11) is 0. The highest BCUT2D eigenvalue weighted by Crippen LogP contribution is 2.49. The van der Waals surface area contributed by atoms with Crippen molar-refractivity contribution in [3.8, 4) is 0 Å². The maximum absolute atomic E-state index is 2.82. The van der Waals surface area contributed by atoms with Gasteiger partial charge in [0.05, 0.1) is 0 Å². The van der Waals surface area contributed by atoms with Crippen molar-refractivity contribution in [1.29, 1.82) is 0 Å². The maximum Gasteiger partial charge on any atom is -0.0199 e. The molecule has 214 valence electrons. The second-order valence-electron chi connectivity index (χ2n) is 16.0. The lowest BCUT2D eigenvalue weighted by atomic mass is 9.61. The quantitative estimate of drug-likeness (QED) is 0.317. The minimum Gasteiger partial charge on any atom is -0.0851 e. The molecule has 6 rings (SSSR count). The molecule has 0 aromatic heterocycles. The van der Waals surface area contributed by atoms with Crippen LogP contribution in [0.15, 0.2) is 24.3 Å². The van der Waals surface area contributed by atoms with E-state index in [1.165, 1.54) is 116 Å². The van der Waals surface area contributed by atoms with Crippen LogP contribution in [0.5, 0.6) is 0 Å². The Morgan fingerprint density at radius 3 is 1.47 bits per heavy atom. The standard InChI is InChI=1S/C38H62/c1-27-11-17-33(18-12-27)38-26-34(21-15-29-13-19-31-7-3-5-9-35(31)24-29)28(2)23-37(38)22-16-30-14-20-32-8-4-6-10-36(32)25-30/h15-16,21-22,27-38H,3-14,17-20,23-26H2,1-2H3/b21-15?,22-16+. The highest BCUT2D eigenvalue weighted by Gasteiger charge is 2.39. The molecule has 0 N–H and O–H groups in total. The summed E-state index contributed by atoms with van der Waals surface area (Å²) in [6.45, 7) is 5.12. The van der Waals surface area contributed by atoms with Crippen LogP contribution in [0.2, 0.25) is 0 Å². The summed E-state index contributed by atoms with van der Waals surface area (Å²) in [6, 6.07) is 0. The Morgan fingerprint density at radius 1 is 0.395 bits per heavy atom. The van der Waals surface area contributed by atoms with Gasteiger partial charge < -0.3 is 0 Å². The molecule has 0 aromatic rings. The summed E-state index contributed by atoms with van der Waals surface area (Å²) in [5.41, 5.74) is 0. The normalized spacial score (nSPS) is 48.6. The van der Waals surface area contributed by atoms with Gasteiger partial charge >= 0.3 is 0 Å². The summed E-state index contributed by atoms with van der Waals surface area (Å²) < 4.78 is 0. The molecule has 0 aliphatic heterocycles. The van der Waals surface area contributed by atoms with E-state index < -0.39 is 0 Å². The van der Waals surface area contributed by atoms with Gasteiger partial charge in [-0.1, -0.05) is 102 Å². The van der Waals surface area contributed by atoms with Gasteiger partial charge in [0.25, 0.3) is 0 Å². The molecule has 6 aliphatic rings. The molecule has 0 heteroatoms. The van der Waals surface area contributed by atoms with E-state index in [1.807, 2.05) is 0 Å². The van der Waals surface area contributed by atoms with Gasteiger partial charge in [0.15, 0.2) is 0 Å².